The molecule has 0 aromatic heterocycles. The van der Waals surface area contributed by atoms with Gasteiger partial charge in [0.05, 0.1) is 12.2 Å². The van der Waals surface area contributed by atoms with Crippen LogP contribution in [0.1, 0.15) is 37.4 Å². The van der Waals surface area contributed by atoms with Crippen LogP contribution >= 0.6 is 0 Å². The molecule has 2 aromatic carbocycles. The van der Waals surface area contributed by atoms with Crippen molar-refractivity contribution in [2.45, 2.75) is 39.3 Å². The zero-order valence-electron chi connectivity index (χ0n) is 15.6. The second-order valence-corrected chi connectivity index (χ2v) is 6.69. The topological polar surface area (TPSA) is 64.8 Å². The zero-order valence-corrected chi connectivity index (χ0v) is 15.6. The maximum Gasteiger partial charge on any atom is 0.268 e. The van der Waals surface area contributed by atoms with E-state index in [0.29, 0.717) is 19.6 Å². The molecule has 0 radical (unpaired) electrons. The number of nitrogens with two attached hydrogens (primary N) is 1. The van der Waals surface area contributed by atoms with E-state index in [1.54, 1.807) is 4.90 Å². The molecule has 26 heavy (non-hydrogen) atoms. The number of aryl methyl sites for hydroxylation is 1. The molecule has 0 saturated carbocycles. The highest BCUT2D eigenvalue weighted by molar-refractivity contribution is 6.00. The number of carbonyl (C=O) groups excluding carboxylic acids is 1. The lowest BCUT2D eigenvalue weighted by atomic mass is 10.0. The third kappa shape index (κ3) is 3.83. The van der Waals surface area contributed by atoms with Crippen molar-refractivity contribution in [3.8, 4) is 11.5 Å². The van der Waals surface area contributed by atoms with Crippen LogP contribution in [0.4, 0.5) is 5.69 Å². The van der Waals surface area contributed by atoms with Crippen LogP contribution < -0.4 is 20.1 Å². The first-order valence-electron chi connectivity index (χ1n) is 9.06. The van der Waals surface area contributed by atoms with E-state index in [1.807, 2.05) is 63.2 Å². The third-order valence-corrected chi connectivity index (χ3v) is 4.55. The van der Waals surface area contributed by atoms with Crippen molar-refractivity contribution in [2.75, 3.05) is 18.1 Å². The Morgan fingerprint density at radius 2 is 2.08 bits per heavy atom. The molecule has 0 spiro atoms. The standard InChI is InChI=1S/C21H26N2O3/c1-4-19-21(24)23(10-11-25-17-7-5-6-14(2)12-17)18-13-16(15(3)22)8-9-20(18)26-19/h5-9,12-13,15,19H,4,10-11,22H2,1-3H3. The van der Waals surface area contributed by atoms with Crippen molar-refractivity contribution in [2.24, 2.45) is 5.73 Å². The minimum Gasteiger partial charge on any atom is -0.492 e. The molecular weight excluding hydrogens is 328 g/mol. The van der Waals surface area contributed by atoms with Crippen LogP contribution in [0.5, 0.6) is 11.5 Å². The first-order valence-corrected chi connectivity index (χ1v) is 9.06. The number of anilines is 1. The van der Waals surface area contributed by atoms with E-state index >= 15 is 0 Å². The first-order chi connectivity index (χ1) is 12.5. The van der Waals surface area contributed by atoms with Crippen molar-refractivity contribution >= 4 is 11.6 Å². The Morgan fingerprint density at radius 1 is 1.27 bits per heavy atom. The molecule has 2 unspecified atom stereocenters. The SMILES string of the molecule is CCC1Oc2ccc(C(C)N)cc2N(CCOc2cccc(C)c2)C1=O. The van der Waals surface area contributed by atoms with E-state index in [2.05, 4.69) is 0 Å². The second kappa shape index (κ2) is 7.79. The summed E-state index contributed by atoms with van der Waals surface area (Å²) in [5.74, 6) is 1.49. The van der Waals surface area contributed by atoms with Gasteiger partial charge in [-0.15, -0.1) is 0 Å². The Labute approximate surface area is 154 Å². The summed E-state index contributed by atoms with van der Waals surface area (Å²) >= 11 is 0. The lowest BCUT2D eigenvalue weighted by Gasteiger charge is -2.34. The van der Waals surface area contributed by atoms with Gasteiger partial charge < -0.3 is 20.1 Å². The van der Waals surface area contributed by atoms with Crippen LogP contribution in [0.15, 0.2) is 42.5 Å². The third-order valence-electron chi connectivity index (χ3n) is 4.55. The molecule has 5 nitrogen and oxygen atoms in total. The average Bonchev–Trinajstić information content (AvgIpc) is 2.62. The van der Waals surface area contributed by atoms with Gasteiger partial charge in [-0.2, -0.15) is 0 Å². The minimum absolute atomic E-state index is 0.0327. The van der Waals surface area contributed by atoms with Crippen molar-refractivity contribution in [3.63, 3.8) is 0 Å². The molecule has 138 valence electrons. The lowest BCUT2D eigenvalue weighted by molar-refractivity contribution is -0.126. The van der Waals surface area contributed by atoms with Gasteiger partial charge in [0.1, 0.15) is 18.1 Å². The number of nitrogens with zero attached hydrogens (tertiary/aromatic N) is 1. The number of carbonyl (C=O) groups is 1. The van der Waals surface area contributed by atoms with Crippen LogP contribution in [-0.2, 0) is 4.79 Å². The molecule has 2 aromatic rings. The van der Waals surface area contributed by atoms with Crippen LogP contribution in [0.25, 0.3) is 0 Å². The Balaban J connectivity index is 1.80. The van der Waals surface area contributed by atoms with Crippen LogP contribution in [0.3, 0.4) is 0 Å². The number of hydrogen-bond acceptors (Lipinski definition) is 4. The number of amides is 1. The van der Waals surface area contributed by atoms with Crippen LogP contribution in [-0.4, -0.2) is 25.2 Å². The van der Waals surface area contributed by atoms with Gasteiger partial charge in [-0.1, -0.05) is 25.1 Å². The van der Waals surface area contributed by atoms with Gasteiger partial charge in [-0.25, -0.2) is 0 Å². The Hall–Kier alpha value is -2.53. The molecule has 1 aliphatic rings. The molecule has 2 atom stereocenters. The monoisotopic (exact) mass is 354 g/mol. The van der Waals surface area contributed by atoms with Gasteiger partial charge in [-0.05, 0) is 55.7 Å². The molecule has 0 fully saturated rings. The van der Waals surface area contributed by atoms with Gasteiger partial charge in [-0.3, -0.25) is 4.79 Å². The summed E-state index contributed by atoms with van der Waals surface area (Å²) in [5.41, 5.74) is 8.88. The van der Waals surface area contributed by atoms with Gasteiger partial charge in [0, 0.05) is 6.04 Å². The van der Waals surface area contributed by atoms with Gasteiger partial charge in [0.15, 0.2) is 6.10 Å². The largest absolute Gasteiger partial charge is 0.492 e. The lowest BCUT2D eigenvalue weighted by Crippen LogP contribution is -2.47. The fourth-order valence-corrected chi connectivity index (χ4v) is 3.07. The first kappa shape index (κ1) is 18.3. The van der Waals surface area contributed by atoms with E-state index in [0.717, 1.165) is 28.3 Å². The molecular formula is C21H26N2O3. The molecule has 1 aliphatic heterocycles. The van der Waals surface area contributed by atoms with E-state index in [4.69, 9.17) is 15.2 Å². The predicted octanol–water partition coefficient (Wildman–Crippen LogP) is 3.60. The zero-order chi connectivity index (χ0) is 18.7. The smallest absolute Gasteiger partial charge is 0.268 e. The summed E-state index contributed by atoms with van der Waals surface area (Å²) in [6.45, 7) is 6.77. The Kier molecular flexibility index (Phi) is 5.47. The fraction of sp³-hybridized carbons (Fsp3) is 0.381. The number of hydrogen-bond donors (Lipinski definition) is 1. The van der Waals surface area contributed by atoms with E-state index in [1.165, 1.54) is 0 Å². The van der Waals surface area contributed by atoms with Crippen molar-refractivity contribution in [1.82, 2.24) is 0 Å². The summed E-state index contributed by atoms with van der Waals surface area (Å²) < 4.78 is 11.7. The second-order valence-electron chi connectivity index (χ2n) is 6.69. The molecule has 2 N–H and O–H groups in total. The maximum atomic E-state index is 12.8. The molecule has 5 heteroatoms. The van der Waals surface area contributed by atoms with Crippen molar-refractivity contribution < 1.29 is 14.3 Å². The number of ether oxygens (including phenoxy) is 2. The minimum atomic E-state index is -0.456. The van der Waals surface area contributed by atoms with E-state index in [-0.39, 0.29) is 11.9 Å². The Bertz CT molecular complexity index is 789. The van der Waals surface area contributed by atoms with E-state index < -0.39 is 6.10 Å². The quantitative estimate of drug-likeness (QED) is 0.861. The normalized spacial score (nSPS) is 17.5. The Morgan fingerprint density at radius 3 is 2.77 bits per heavy atom. The molecule has 0 saturated heterocycles. The van der Waals surface area contributed by atoms with Crippen molar-refractivity contribution in [3.05, 3.63) is 53.6 Å². The van der Waals surface area contributed by atoms with Crippen LogP contribution in [0, 0.1) is 6.92 Å². The number of fused-ring (bicyclic) bond motifs is 1. The number of rotatable bonds is 6. The van der Waals surface area contributed by atoms with E-state index in [9.17, 15) is 4.79 Å². The average molecular weight is 354 g/mol. The summed E-state index contributed by atoms with van der Waals surface area (Å²) in [4.78, 5) is 14.6. The summed E-state index contributed by atoms with van der Waals surface area (Å²) in [6, 6.07) is 13.6. The molecule has 0 bridgehead atoms. The molecule has 1 amide bonds. The molecule has 0 aliphatic carbocycles. The van der Waals surface area contributed by atoms with Crippen molar-refractivity contribution in [1.29, 1.82) is 0 Å². The molecule has 1 heterocycles. The van der Waals surface area contributed by atoms with Gasteiger partial charge >= 0.3 is 0 Å². The maximum absolute atomic E-state index is 12.8. The van der Waals surface area contributed by atoms with Gasteiger partial charge in [0.2, 0.25) is 0 Å². The van der Waals surface area contributed by atoms with Gasteiger partial charge in [0.25, 0.3) is 5.91 Å². The predicted molar refractivity (Wildman–Crippen MR) is 103 cm³/mol. The highest BCUT2D eigenvalue weighted by atomic mass is 16.5. The van der Waals surface area contributed by atoms with Crippen LogP contribution in [0.2, 0.25) is 0 Å². The highest BCUT2D eigenvalue weighted by Gasteiger charge is 2.33. The fourth-order valence-electron chi connectivity index (χ4n) is 3.07. The summed E-state index contributed by atoms with van der Waals surface area (Å²) in [5, 5.41) is 0. The summed E-state index contributed by atoms with van der Waals surface area (Å²) in [7, 11) is 0. The highest BCUT2D eigenvalue weighted by Crippen LogP contribution is 2.36. The number of benzene rings is 2. The summed E-state index contributed by atoms with van der Waals surface area (Å²) in [6.07, 6.45) is 0.172. The molecule has 3 rings (SSSR count).